The van der Waals surface area contributed by atoms with Crippen molar-refractivity contribution in [1.82, 2.24) is 10.2 Å². The van der Waals surface area contributed by atoms with Crippen molar-refractivity contribution in [2.24, 2.45) is 0 Å². The number of aryl methyl sites for hydroxylation is 2. The Morgan fingerprint density at radius 3 is 2.80 bits per heavy atom. The quantitative estimate of drug-likeness (QED) is 0.739. The third kappa shape index (κ3) is 2.27. The normalized spacial score (nSPS) is 12.6. The van der Waals surface area contributed by atoms with Gasteiger partial charge in [-0.15, -0.1) is 0 Å². The molecule has 1 aromatic heterocycles. The van der Waals surface area contributed by atoms with E-state index >= 15 is 0 Å². The maximum absolute atomic E-state index is 4.11. The van der Waals surface area contributed by atoms with E-state index in [0.29, 0.717) is 0 Å². The van der Waals surface area contributed by atoms with Gasteiger partial charge in [-0.2, -0.15) is 5.10 Å². The van der Waals surface area contributed by atoms with Gasteiger partial charge >= 0.3 is 0 Å². The van der Waals surface area contributed by atoms with E-state index < -0.39 is 0 Å². The van der Waals surface area contributed by atoms with Crippen LogP contribution in [-0.4, -0.2) is 10.2 Å². The van der Waals surface area contributed by atoms with E-state index in [9.17, 15) is 0 Å². The predicted octanol–water partition coefficient (Wildman–Crippen LogP) is 4.35. The molecule has 0 spiro atoms. The molecule has 0 aliphatic heterocycles. The Morgan fingerprint density at radius 1 is 1.15 bits per heavy atom. The highest BCUT2D eigenvalue weighted by Gasteiger charge is 2.10. The molecule has 20 heavy (non-hydrogen) atoms. The molecule has 2 aromatic carbocycles. The number of para-hydroxylation sites is 1. The molecule has 2 N–H and O–H groups in total. The van der Waals surface area contributed by atoms with Crippen molar-refractivity contribution in [2.75, 3.05) is 5.32 Å². The third-order valence-corrected chi connectivity index (χ3v) is 3.74. The molecule has 0 aliphatic rings. The third-order valence-electron chi connectivity index (χ3n) is 3.74. The lowest BCUT2D eigenvalue weighted by molar-refractivity contribution is 0.874. The number of aromatic nitrogens is 2. The van der Waals surface area contributed by atoms with Crippen LogP contribution >= 0.6 is 0 Å². The van der Waals surface area contributed by atoms with E-state index in [2.05, 4.69) is 72.7 Å². The van der Waals surface area contributed by atoms with Gasteiger partial charge in [0.25, 0.3) is 0 Å². The molecular formula is C17H19N3. The van der Waals surface area contributed by atoms with Crippen LogP contribution in [0.15, 0.2) is 42.6 Å². The minimum atomic E-state index is 0.254. The summed E-state index contributed by atoms with van der Waals surface area (Å²) in [5, 5.41) is 11.9. The zero-order valence-electron chi connectivity index (χ0n) is 12.1. The molecule has 0 saturated heterocycles. The monoisotopic (exact) mass is 265 g/mol. The molecule has 3 aromatic rings. The summed E-state index contributed by atoms with van der Waals surface area (Å²) < 4.78 is 0. The van der Waals surface area contributed by atoms with Gasteiger partial charge in [0.2, 0.25) is 0 Å². The predicted molar refractivity (Wildman–Crippen MR) is 84.0 cm³/mol. The van der Waals surface area contributed by atoms with Crippen LogP contribution in [0.1, 0.15) is 29.7 Å². The SMILES string of the molecule is Cc1ccc(C(C)Nc2cccc3cn[nH]c23)c(C)c1. The van der Waals surface area contributed by atoms with Crippen molar-refractivity contribution in [3.63, 3.8) is 0 Å². The molecule has 1 atom stereocenters. The fourth-order valence-corrected chi connectivity index (χ4v) is 2.71. The van der Waals surface area contributed by atoms with Gasteiger partial charge in [0.15, 0.2) is 0 Å². The molecule has 1 heterocycles. The molecule has 1 unspecified atom stereocenters. The lowest BCUT2D eigenvalue weighted by Crippen LogP contribution is -2.08. The van der Waals surface area contributed by atoms with Crippen LogP contribution < -0.4 is 5.32 Å². The molecular weight excluding hydrogens is 246 g/mol. The fraction of sp³-hybridized carbons (Fsp3) is 0.235. The minimum absolute atomic E-state index is 0.254. The lowest BCUT2D eigenvalue weighted by Gasteiger charge is -2.18. The Hall–Kier alpha value is -2.29. The zero-order chi connectivity index (χ0) is 14.1. The smallest absolute Gasteiger partial charge is 0.0881 e. The number of anilines is 1. The van der Waals surface area contributed by atoms with E-state index in [4.69, 9.17) is 0 Å². The second kappa shape index (κ2) is 5.00. The van der Waals surface area contributed by atoms with Gasteiger partial charge in [-0.3, -0.25) is 5.10 Å². The van der Waals surface area contributed by atoms with Crippen LogP contribution in [-0.2, 0) is 0 Å². The number of benzene rings is 2. The van der Waals surface area contributed by atoms with Crippen LogP contribution in [0.4, 0.5) is 5.69 Å². The number of nitrogens with one attached hydrogen (secondary N) is 2. The summed E-state index contributed by atoms with van der Waals surface area (Å²) in [7, 11) is 0. The van der Waals surface area contributed by atoms with E-state index in [1.54, 1.807) is 0 Å². The number of nitrogens with zero attached hydrogens (tertiary/aromatic N) is 1. The van der Waals surface area contributed by atoms with Gasteiger partial charge in [0, 0.05) is 11.4 Å². The largest absolute Gasteiger partial charge is 0.377 e. The van der Waals surface area contributed by atoms with Crippen LogP contribution in [0, 0.1) is 13.8 Å². The summed E-state index contributed by atoms with van der Waals surface area (Å²) >= 11 is 0. The van der Waals surface area contributed by atoms with Crippen LogP contribution in [0.2, 0.25) is 0 Å². The first-order valence-corrected chi connectivity index (χ1v) is 6.91. The van der Waals surface area contributed by atoms with E-state index in [1.165, 1.54) is 16.7 Å². The Kier molecular flexibility index (Phi) is 3.18. The van der Waals surface area contributed by atoms with Crippen molar-refractivity contribution in [2.45, 2.75) is 26.8 Å². The standard InChI is InChI=1S/C17H19N3/c1-11-7-8-15(12(2)9-11)13(3)19-16-6-4-5-14-10-18-20-17(14)16/h4-10,13,19H,1-3H3,(H,18,20). The Morgan fingerprint density at radius 2 is 2.00 bits per heavy atom. The van der Waals surface area contributed by atoms with Crippen LogP contribution in [0.3, 0.4) is 0 Å². The van der Waals surface area contributed by atoms with Gasteiger partial charge in [-0.1, -0.05) is 35.9 Å². The van der Waals surface area contributed by atoms with Crippen molar-refractivity contribution in [3.8, 4) is 0 Å². The van der Waals surface area contributed by atoms with Gasteiger partial charge in [0.05, 0.1) is 17.4 Å². The Labute approximate surface area is 119 Å². The highest BCUT2D eigenvalue weighted by atomic mass is 15.1. The highest BCUT2D eigenvalue weighted by molar-refractivity contribution is 5.90. The number of hydrogen-bond acceptors (Lipinski definition) is 2. The number of hydrogen-bond donors (Lipinski definition) is 2. The summed E-state index contributed by atoms with van der Waals surface area (Å²) in [5.74, 6) is 0. The first-order valence-electron chi connectivity index (χ1n) is 6.91. The molecule has 0 amide bonds. The summed E-state index contributed by atoms with van der Waals surface area (Å²) in [5.41, 5.74) is 6.10. The van der Waals surface area contributed by atoms with Crippen molar-refractivity contribution < 1.29 is 0 Å². The lowest BCUT2D eigenvalue weighted by atomic mass is 10.00. The molecule has 102 valence electrons. The molecule has 3 nitrogen and oxygen atoms in total. The molecule has 0 fully saturated rings. The number of fused-ring (bicyclic) bond motifs is 1. The first kappa shape index (κ1) is 12.7. The second-order valence-electron chi connectivity index (χ2n) is 5.37. The number of aromatic amines is 1. The average Bonchev–Trinajstić information content (AvgIpc) is 2.87. The van der Waals surface area contributed by atoms with Gasteiger partial charge < -0.3 is 5.32 Å². The van der Waals surface area contributed by atoms with E-state index in [-0.39, 0.29) is 6.04 Å². The van der Waals surface area contributed by atoms with Crippen molar-refractivity contribution in [3.05, 3.63) is 59.3 Å². The van der Waals surface area contributed by atoms with Crippen LogP contribution in [0.5, 0.6) is 0 Å². The number of rotatable bonds is 3. The second-order valence-corrected chi connectivity index (χ2v) is 5.37. The molecule has 0 radical (unpaired) electrons. The maximum atomic E-state index is 4.11. The number of H-pyrrole nitrogens is 1. The van der Waals surface area contributed by atoms with Gasteiger partial charge in [0.1, 0.15) is 0 Å². The molecule has 0 saturated carbocycles. The first-order chi connectivity index (χ1) is 9.65. The van der Waals surface area contributed by atoms with Crippen molar-refractivity contribution >= 4 is 16.6 Å². The molecule has 3 rings (SSSR count). The zero-order valence-corrected chi connectivity index (χ0v) is 12.1. The molecule has 3 heteroatoms. The molecule has 0 bridgehead atoms. The van der Waals surface area contributed by atoms with Crippen molar-refractivity contribution in [1.29, 1.82) is 0 Å². The Balaban J connectivity index is 1.92. The summed E-state index contributed by atoms with van der Waals surface area (Å²) in [6.45, 7) is 6.48. The minimum Gasteiger partial charge on any atom is -0.377 e. The Bertz CT molecular complexity index is 743. The average molecular weight is 265 g/mol. The summed E-state index contributed by atoms with van der Waals surface area (Å²) in [6.07, 6.45) is 1.85. The van der Waals surface area contributed by atoms with Gasteiger partial charge in [-0.05, 0) is 38.0 Å². The maximum Gasteiger partial charge on any atom is 0.0881 e. The van der Waals surface area contributed by atoms with E-state index in [0.717, 1.165) is 16.6 Å². The fourth-order valence-electron chi connectivity index (χ4n) is 2.71. The highest BCUT2D eigenvalue weighted by Crippen LogP contribution is 2.27. The van der Waals surface area contributed by atoms with E-state index in [1.807, 2.05) is 6.20 Å². The topological polar surface area (TPSA) is 40.7 Å². The summed E-state index contributed by atoms with van der Waals surface area (Å²) in [4.78, 5) is 0. The molecule has 0 aliphatic carbocycles. The summed E-state index contributed by atoms with van der Waals surface area (Å²) in [6, 6.07) is 13.0. The van der Waals surface area contributed by atoms with Gasteiger partial charge in [-0.25, -0.2) is 0 Å². The van der Waals surface area contributed by atoms with Crippen LogP contribution in [0.25, 0.3) is 10.9 Å².